The van der Waals surface area contributed by atoms with Crippen LogP contribution in [0.15, 0.2) is 0 Å². The molecule has 0 aromatic heterocycles. The van der Waals surface area contributed by atoms with Crippen molar-refractivity contribution in [3.63, 3.8) is 0 Å². The number of hydrogen-bond acceptors (Lipinski definition) is 7. The molecule has 25 heavy (non-hydrogen) atoms. The summed E-state index contributed by atoms with van der Waals surface area (Å²) in [5, 5.41) is 24.1. The Labute approximate surface area is 149 Å². The number of nitrogens with one attached hydrogen (secondary N) is 3. The first kappa shape index (κ1) is 22.7. The molecule has 0 saturated carbocycles. The highest BCUT2D eigenvalue weighted by Crippen LogP contribution is 1.98. The SMILES string of the molecule is CC(NC(=O)C(N)CS)C(=O)NCC(=O)NC(CCC(=O)O)C(=O)O. The van der Waals surface area contributed by atoms with Crippen LogP contribution >= 0.6 is 12.6 Å². The quantitative estimate of drug-likeness (QED) is 0.189. The molecule has 0 fully saturated rings. The van der Waals surface area contributed by atoms with Crippen molar-refractivity contribution in [2.45, 2.75) is 37.9 Å². The molecule has 7 N–H and O–H groups in total. The Bertz CT molecular complexity index is 529. The zero-order valence-electron chi connectivity index (χ0n) is 13.5. The largest absolute Gasteiger partial charge is 0.481 e. The van der Waals surface area contributed by atoms with Gasteiger partial charge < -0.3 is 31.9 Å². The van der Waals surface area contributed by atoms with E-state index in [0.29, 0.717) is 0 Å². The van der Waals surface area contributed by atoms with E-state index in [1.54, 1.807) is 0 Å². The Kier molecular flexibility index (Phi) is 10.2. The lowest BCUT2D eigenvalue weighted by Gasteiger charge is -2.17. The van der Waals surface area contributed by atoms with Gasteiger partial charge in [0.1, 0.15) is 12.1 Å². The number of carboxylic acid groups (broad SMARTS) is 2. The van der Waals surface area contributed by atoms with E-state index in [2.05, 4.69) is 28.6 Å². The van der Waals surface area contributed by atoms with Crippen LogP contribution in [-0.2, 0) is 24.0 Å². The molecule has 0 aromatic rings. The van der Waals surface area contributed by atoms with Gasteiger partial charge in [-0.05, 0) is 13.3 Å². The lowest BCUT2D eigenvalue weighted by molar-refractivity contribution is -0.143. The van der Waals surface area contributed by atoms with Gasteiger partial charge in [-0.1, -0.05) is 0 Å². The number of carbonyl (C=O) groups is 5. The topological polar surface area (TPSA) is 188 Å². The van der Waals surface area contributed by atoms with Gasteiger partial charge in [0.15, 0.2) is 0 Å². The standard InChI is InChI=1S/C13H22N4O7S/c1-6(16-12(22)7(14)5-25)11(21)15-4-9(18)17-8(13(23)24)2-3-10(19)20/h6-8,25H,2-5,14H2,1H3,(H,15,21)(H,16,22)(H,17,18)(H,19,20)(H,23,24). The summed E-state index contributed by atoms with van der Waals surface area (Å²) >= 11 is 3.85. The first-order chi connectivity index (χ1) is 11.6. The fourth-order valence-electron chi connectivity index (χ4n) is 1.56. The molecule has 3 atom stereocenters. The van der Waals surface area contributed by atoms with Crippen molar-refractivity contribution in [3.05, 3.63) is 0 Å². The van der Waals surface area contributed by atoms with Gasteiger partial charge in [-0.2, -0.15) is 12.6 Å². The number of amides is 3. The number of nitrogens with two attached hydrogens (primary N) is 1. The molecule has 0 aromatic carbocycles. The number of carbonyl (C=O) groups excluding carboxylic acids is 3. The zero-order chi connectivity index (χ0) is 19.6. The second kappa shape index (κ2) is 11.3. The minimum atomic E-state index is -1.39. The fourth-order valence-corrected chi connectivity index (χ4v) is 1.73. The minimum absolute atomic E-state index is 0.0928. The predicted molar refractivity (Wildman–Crippen MR) is 88.9 cm³/mol. The van der Waals surface area contributed by atoms with Crippen molar-refractivity contribution in [2.75, 3.05) is 12.3 Å². The maximum Gasteiger partial charge on any atom is 0.326 e. The Hall–Kier alpha value is -2.34. The summed E-state index contributed by atoms with van der Waals surface area (Å²) in [6.07, 6.45) is -0.726. The van der Waals surface area contributed by atoms with Crippen LogP contribution in [0.1, 0.15) is 19.8 Å². The van der Waals surface area contributed by atoms with Crippen molar-refractivity contribution < 1.29 is 34.2 Å². The van der Waals surface area contributed by atoms with Gasteiger partial charge in [0.25, 0.3) is 0 Å². The monoisotopic (exact) mass is 378 g/mol. The van der Waals surface area contributed by atoms with Crippen LogP contribution in [0.5, 0.6) is 0 Å². The molecule has 3 unspecified atom stereocenters. The predicted octanol–water partition coefficient (Wildman–Crippen LogP) is -2.70. The van der Waals surface area contributed by atoms with Gasteiger partial charge >= 0.3 is 11.9 Å². The average Bonchev–Trinajstić information content (AvgIpc) is 2.54. The normalized spacial score (nSPS) is 13.9. The molecule has 11 nitrogen and oxygen atoms in total. The van der Waals surface area contributed by atoms with Crippen LogP contribution in [0, 0.1) is 0 Å². The molecule has 0 bridgehead atoms. The van der Waals surface area contributed by atoms with Gasteiger partial charge in [0.2, 0.25) is 17.7 Å². The van der Waals surface area contributed by atoms with Gasteiger partial charge in [0, 0.05) is 12.2 Å². The van der Waals surface area contributed by atoms with Crippen LogP contribution in [0.4, 0.5) is 0 Å². The number of hydrogen-bond donors (Lipinski definition) is 7. The summed E-state index contributed by atoms with van der Waals surface area (Å²) in [7, 11) is 0. The molecular weight excluding hydrogens is 356 g/mol. The second-order valence-corrected chi connectivity index (χ2v) is 5.49. The van der Waals surface area contributed by atoms with E-state index in [4.69, 9.17) is 15.9 Å². The molecule has 0 aliphatic carbocycles. The molecule has 0 spiro atoms. The molecule has 12 heteroatoms. The van der Waals surface area contributed by atoms with E-state index in [1.165, 1.54) is 6.92 Å². The second-order valence-electron chi connectivity index (χ2n) is 5.13. The first-order valence-corrected chi connectivity index (χ1v) is 7.90. The lowest BCUT2D eigenvalue weighted by Crippen LogP contribution is -2.52. The van der Waals surface area contributed by atoms with Crippen molar-refractivity contribution in [1.82, 2.24) is 16.0 Å². The van der Waals surface area contributed by atoms with Crippen LogP contribution in [0.3, 0.4) is 0 Å². The number of carboxylic acids is 2. The van der Waals surface area contributed by atoms with Crippen LogP contribution < -0.4 is 21.7 Å². The molecule has 142 valence electrons. The minimum Gasteiger partial charge on any atom is -0.481 e. The molecule has 0 heterocycles. The number of aliphatic carboxylic acids is 2. The summed E-state index contributed by atoms with van der Waals surface area (Å²) in [5.41, 5.74) is 5.44. The van der Waals surface area contributed by atoms with E-state index >= 15 is 0 Å². The number of thiol groups is 1. The molecule has 3 amide bonds. The molecule has 0 rings (SSSR count). The highest BCUT2D eigenvalue weighted by atomic mass is 32.1. The third-order valence-corrected chi connectivity index (χ3v) is 3.38. The smallest absolute Gasteiger partial charge is 0.326 e. The van der Waals surface area contributed by atoms with E-state index in [1.807, 2.05) is 0 Å². The molecule has 0 saturated heterocycles. The highest BCUT2D eigenvalue weighted by molar-refractivity contribution is 7.80. The Morgan fingerprint density at radius 3 is 2.16 bits per heavy atom. The fraction of sp³-hybridized carbons (Fsp3) is 0.615. The van der Waals surface area contributed by atoms with E-state index in [0.717, 1.165) is 0 Å². The van der Waals surface area contributed by atoms with E-state index < -0.39 is 60.8 Å². The van der Waals surface area contributed by atoms with Crippen molar-refractivity contribution in [1.29, 1.82) is 0 Å². The van der Waals surface area contributed by atoms with Crippen molar-refractivity contribution in [3.8, 4) is 0 Å². The summed E-state index contributed by atoms with van der Waals surface area (Å²) < 4.78 is 0. The van der Waals surface area contributed by atoms with Gasteiger partial charge in [0.05, 0.1) is 12.6 Å². The Balaban J connectivity index is 4.37. The Morgan fingerprint density at radius 2 is 1.68 bits per heavy atom. The van der Waals surface area contributed by atoms with Crippen LogP contribution in [0.2, 0.25) is 0 Å². The first-order valence-electron chi connectivity index (χ1n) is 7.27. The molecular formula is C13H22N4O7S. The van der Waals surface area contributed by atoms with E-state index in [-0.39, 0.29) is 12.2 Å². The maximum atomic E-state index is 11.8. The Morgan fingerprint density at radius 1 is 1.08 bits per heavy atom. The van der Waals surface area contributed by atoms with Crippen LogP contribution in [0.25, 0.3) is 0 Å². The summed E-state index contributed by atoms with van der Waals surface area (Å²) in [4.78, 5) is 56.3. The van der Waals surface area contributed by atoms with Gasteiger partial charge in [-0.15, -0.1) is 0 Å². The van der Waals surface area contributed by atoms with Gasteiger partial charge in [-0.25, -0.2) is 4.79 Å². The van der Waals surface area contributed by atoms with Crippen molar-refractivity contribution >= 4 is 42.3 Å². The molecule has 0 radical (unpaired) electrons. The maximum absolute atomic E-state index is 11.8. The third-order valence-electron chi connectivity index (χ3n) is 2.99. The van der Waals surface area contributed by atoms with Gasteiger partial charge in [-0.3, -0.25) is 19.2 Å². The van der Waals surface area contributed by atoms with Crippen molar-refractivity contribution in [2.24, 2.45) is 5.73 Å². The summed E-state index contributed by atoms with van der Waals surface area (Å²) in [6.45, 7) is 0.845. The third kappa shape index (κ3) is 9.52. The molecule has 0 aliphatic rings. The lowest BCUT2D eigenvalue weighted by atomic mass is 10.1. The van der Waals surface area contributed by atoms with E-state index in [9.17, 15) is 24.0 Å². The molecule has 0 aliphatic heterocycles. The summed E-state index contributed by atoms with van der Waals surface area (Å²) in [6, 6.07) is -3.23. The van der Waals surface area contributed by atoms with Crippen LogP contribution in [-0.4, -0.2) is 70.3 Å². The highest BCUT2D eigenvalue weighted by Gasteiger charge is 2.22. The number of rotatable bonds is 11. The summed E-state index contributed by atoms with van der Waals surface area (Å²) in [5.74, 6) is -4.55. The average molecular weight is 378 g/mol. The zero-order valence-corrected chi connectivity index (χ0v) is 14.4.